The highest BCUT2D eigenvalue weighted by atomic mass is 16.7. The molecule has 0 bridgehead atoms. The molecule has 2 heterocycles. The lowest BCUT2D eigenvalue weighted by Gasteiger charge is -2.16. The lowest BCUT2D eigenvalue weighted by molar-refractivity contribution is 0.0787. The first-order valence-electron chi connectivity index (χ1n) is 8.05. The van der Waals surface area contributed by atoms with Crippen molar-refractivity contribution in [2.45, 2.75) is 19.8 Å². The molecule has 1 N–H and O–H groups in total. The first-order valence-corrected chi connectivity index (χ1v) is 8.05. The Bertz CT molecular complexity index is 716. The van der Waals surface area contributed by atoms with Crippen LogP contribution in [0.4, 0.5) is 11.4 Å². The molecule has 126 valence electrons. The standard InChI is InChI=1S/C18H21N3O3/c1-3-4-9-21(2)18(22)15-7-5-14(11-19-15)20-13-6-8-16-17(10-13)24-12-23-16/h5-8,10-11,20H,3-4,9,12H2,1-2H3. The van der Waals surface area contributed by atoms with Gasteiger partial charge in [0.15, 0.2) is 11.5 Å². The topological polar surface area (TPSA) is 63.7 Å². The van der Waals surface area contributed by atoms with E-state index in [0.717, 1.165) is 42.3 Å². The number of nitrogens with one attached hydrogen (secondary N) is 1. The highest BCUT2D eigenvalue weighted by molar-refractivity contribution is 5.92. The molecule has 1 aromatic heterocycles. The maximum atomic E-state index is 12.3. The number of amides is 1. The van der Waals surface area contributed by atoms with Crippen LogP contribution in [-0.2, 0) is 0 Å². The number of carbonyl (C=O) groups is 1. The Morgan fingerprint density at radius 3 is 2.75 bits per heavy atom. The van der Waals surface area contributed by atoms with Crippen molar-refractivity contribution in [3.63, 3.8) is 0 Å². The van der Waals surface area contributed by atoms with Crippen molar-refractivity contribution in [3.05, 3.63) is 42.2 Å². The van der Waals surface area contributed by atoms with Crippen molar-refractivity contribution < 1.29 is 14.3 Å². The summed E-state index contributed by atoms with van der Waals surface area (Å²) in [6.45, 7) is 3.10. The fourth-order valence-corrected chi connectivity index (χ4v) is 2.43. The largest absolute Gasteiger partial charge is 0.454 e. The van der Waals surface area contributed by atoms with Gasteiger partial charge in [-0.3, -0.25) is 4.79 Å². The zero-order chi connectivity index (χ0) is 16.9. The second-order valence-electron chi connectivity index (χ2n) is 5.71. The molecule has 2 aromatic rings. The monoisotopic (exact) mass is 327 g/mol. The molecular formula is C18H21N3O3. The SMILES string of the molecule is CCCCN(C)C(=O)c1ccc(Nc2ccc3c(c2)OCO3)cn1. The summed E-state index contributed by atoms with van der Waals surface area (Å²) in [5.41, 5.74) is 2.13. The summed E-state index contributed by atoms with van der Waals surface area (Å²) in [5, 5.41) is 3.24. The number of rotatable bonds is 6. The van der Waals surface area contributed by atoms with Crippen LogP contribution in [0.5, 0.6) is 11.5 Å². The van der Waals surface area contributed by atoms with Gasteiger partial charge in [0, 0.05) is 25.3 Å². The molecule has 6 heteroatoms. The van der Waals surface area contributed by atoms with Gasteiger partial charge in [-0.15, -0.1) is 0 Å². The summed E-state index contributed by atoms with van der Waals surface area (Å²) in [5.74, 6) is 1.41. The molecule has 1 aliphatic rings. The summed E-state index contributed by atoms with van der Waals surface area (Å²) in [6, 6.07) is 9.22. The molecule has 1 aromatic carbocycles. The van der Waals surface area contributed by atoms with Crippen LogP contribution in [-0.4, -0.2) is 36.2 Å². The van der Waals surface area contributed by atoms with Crippen molar-refractivity contribution >= 4 is 17.3 Å². The molecule has 0 saturated heterocycles. The molecule has 0 fully saturated rings. The first-order chi connectivity index (χ1) is 11.7. The van der Waals surface area contributed by atoms with Crippen molar-refractivity contribution in [1.29, 1.82) is 0 Å². The second kappa shape index (κ2) is 7.21. The van der Waals surface area contributed by atoms with Crippen molar-refractivity contribution in [2.24, 2.45) is 0 Å². The molecule has 0 atom stereocenters. The third-order valence-electron chi connectivity index (χ3n) is 3.84. The second-order valence-corrected chi connectivity index (χ2v) is 5.71. The van der Waals surface area contributed by atoms with Crippen molar-refractivity contribution in [2.75, 3.05) is 25.7 Å². The third kappa shape index (κ3) is 3.59. The molecule has 0 spiro atoms. The van der Waals surface area contributed by atoms with Gasteiger partial charge < -0.3 is 19.7 Å². The van der Waals surface area contributed by atoms with E-state index in [2.05, 4.69) is 17.2 Å². The lowest BCUT2D eigenvalue weighted by atomic mass is 10.2. The van der Waals surface area contributed by atoms with Crippen LogP contribution in [0.15, 0.2) is 36.5 Å². The predicted molar refractivity (Wildman–Crippen MR) is 92.0 cm³/mol. The number of fused-ring (bicyclic) bond motifs is 1. The van der Waals surface area contributed by atoms with E-state index in [1.54, 1.807) is 24.2 Å². The minimum Gasteiger partial charge on any atom is -0.454 e. The normalized spacial score (nSPS) is 12.1. The lowest BCUT2D eigenvalue weighted by Crippen LogP contribution is -2.28. The Balaban J connectivity index is 1.65. The number of aromatic nitrogens is 1. The molecule has 24 heavy (non-hydrogen) atoms. The van der Waals surface area contributed by atoms with E-state index >= 15 is 0 Å². The Hall–Kier alpha value is -2.76. The highest BCUT2D eigenvalue weighted by Crippen LogP contribution is 2.35. The van der Waals surface area contributed by atoms with E-state index in [1.165, 1.54) is 0 Å². The molecule has 6 nitrogen and oxygen atoms in total. The summed E-state index contributed by atoms with van der Waals surface area (Å²) >= 11 is 0. The van der Waals surface area contributed by atoms with Crippen molar-refractivity contribution in [3.8, 4) is 11.5 Å². The highest BCUT2D eigenvalue weighted by Gasteiger charge is 2.14. The zero-order valence-corrected chi connectivity index (χ0v) is 13.9. The van der Waals surface area contributed by atoms with E-state index < -0.39 is 0 Å². The number of hydrogen-bond donors (Lipinski definition) is 1. The summed E-state index contributed by atoms with van der Waals surface area (Å²) in [7, 11) is 1.80. The van der Waals surface area contributed by atoms with Crippen LogP contribution < -0.4 is 14.8 Å². The van der Waals surface area contributed by atoms with E-state index in [1.807, 2.05) is 24.3 Å². The quantitative estimate of drug-likeness (QED) is 0.880. The van der Waals surface area contributed by atoms with Gasteiger partial charge in [0.05, 0.1) is 11.9 Å². The first kappa shape index (κ1) is 16.1. The van der Waals surface area contributed by atoms with Gasteiger partial charge in [-0.05, 0) is 30.7 Å². The van der Waals surface area contributed by atoms with Gasteiger partial charge in [0.1, 0.15) is 5.69 Å². The number of unbranched alkanes of at least 4 members (excludes halogenated alkanes) is 1. The number of nitrogens with zero attached hydrogens (tertiary/aromatic N) is 2. The van der Waals surface area contributed by atoms with Crippen LogP contribution in [0.3, 0.4) is 0 Å². The van der Waals surface area contributed by atoms with Gasteiger partial charge in [0.25, 0.3) is 5.91 Å². The summed E-state index contributed by atoms with van der Waals surface area (Å²) < 4.78 is 10.6. The van der Waals surface area contributed by atoms with Crippen LogP contribution in [0, 0.1) is 0 Å². The molecule has 0 radical (unpaired) electrons. The summed E-state index contributed by atoms with van der Waals surface area (Å²) in [4.78, 5) is 18.2. The average Bonchev–Trinajstić information content (AvgIpc) is 3.07. The number of hydrogen-bond acceptors (Lipinski definition) is 5. The maximum absolute atomic E-state index is 12.3. The fraction of sp³-hybridized carbons (Fsp3) is 0.333. The molecule has 1 amide bonds. The maximum Gasteiger partial charge on any atom is 0.272 e. The van der Waals surface area contributed by atoms with Crippen LogP contribution >= 0.6 is 0 Å². The molecule has 0 saturated carbocycles. The van der Waals surface area contributed by atoms with E-state index in [0.29, 0.717) is 5.69 Å². The fourth-order valence-electron chi connectivity index (χ4n) is 2.43. The Morgan fingerprint density at radius 1 is 1.21 bits per heavy atom. The minimum absolute atomic E-state index is 0.0573. The van der Waals surface area contributed by atoms with Crippen LogP contribution in [0.2, 0.25) is 0 Å². The number of pyridine rings is 1. The molecule has 3 rings (SSSR count). The van der Waals surface area contributed by atoms with Crippen LogP contribution in [0.25, 0.3) is 0 Å². The number of anilines is 2. The number of carbonyl (C=O) groups excluding carboxylic acids is 1. The van der Waals surface area contributed by atoms with Gasteiger partial charge in [-0.1, -0.05) is 13.3 Å². The van der Waals surface area contributed by atoms with Gasteiger partial charge in [-0.2, -0.15) is 0 Å². The van der Waals surface area contributed by atoms with E-state index in [9.17, 15) is 4.79 Å². The zero-order valence-electron chi connectivity index (χ0n) is 13.9. The smallest absolute Gasteiger partial charge is 0.272 e. The van der Waals surface area contributed by atoms with Gasteiger partial charge in [0.2, 0.25) is 6.79 Å². The number of benzene rings is 1. The molecular weight excluding hydrogens is 306 g/mol. The Kier molecular flexibility index (Phi) is 4.84. The molecule has 1 aliphatic heterocycles. The third-order valence-corrected chi connectivity index (χ3v) is 3.84. The molecule has 0 unspecified atom stereocenters. The minimum atomic E-state index is -0.0573. The summed E-state index contributed by atoms with van der Waals surface area (Å²) in [6.07, 6.45) is 3.71. The molecule has 0 aliphatic carbocycles. The van der Waals surface area contributed by atoms with E-state index in [4.69, 9.17) is 9.47 Å². The van der Waals surface area contributed by atoms with Gasteiger partial charge >= 0.3 is 0 Å². The van der Waals surface area contributed by atoms with Crippen molar-refractivity contribution in [1.82, 2.24) is 9.88 Å². The van der Waals surface area contributed by atoms with E-state index in [-0.39, 0.29) is 12.7 Å². The Labute approximate surface area is 141 Å². The predicted octanol–water partition coefficient (Wildman–Crippen LogP) is 3.43. The average molecular weight is 327 g/mol. The Morgan fingerprint density at radius 2 is 2.00 bits per heavy atom. The van der Waals surface area contributed by atoms with Gasteiger partial charge in [-0.25, -0.2) is 4.98 Å². The van der Waals surface area contributed by atoms with Crippen LogP contribution in [0.1, 0.15) is 30.3 Å². The number of ether oxygens (including phenoxy) is 2.